The highest BCUT2D eigenvalue weighted by Crippen LogP contribution is 2.39. The van der Waals surface area contributed by atoms with Crippen LogP contribution in [0.1, 0.15) is 78.6 Å². The van der Waals surface area contributed by atoms with Gasteiger partial charge in [0.1, 0.15) is 0 Å². The Morgan fingerprint density at radius 3 is 1.38 bits per heavy atom. The lowest BCUT2D eigenvalue weighted by Crippen LogP contribution is -2.06. The Balaban J connectivity index is 1.31. The smallest absolute Gasteiger partial charge is 0.0342 e. The summed E-state index contributed by atoms with van der Waals surface area (Å²) < 4.78 is 0. The van der Waals surface area contributed by atoms with Crippen molar-refractivity contribution in [1.82, 2.24) is 0 Å². The van der Waals surface area contributed by atoms with Gasteiger partial charge in [0.25, 0.3) is 0 Å². The van der Waals surface area contributed by atoms with Crippen LogP contribution in [0.5, 0.6) is 0 Å². The average molecular weight is 603 g/mol. The first-order chi connectivity index (χ1) is 21.7. The van der Waals surface area contributed by atoms with Crippen molar-refractivity contribution in [2.45, 2.75) is 63.2 Å². The average Bonchev–Trinajstić information content (AvgIpc) is 3.02. The second kappa shape index (κ2) is 13.3. The maximum atomic E-state index is 2.39. The van der Waals surface area contributed by atoms with Crippen molar-refractivity contribution in [3.05, 3.63) is 200 Å². The summed E-state index contributed by atoms with van der Waals surface area (Å²) in [6, 6.07) is 50.0. The van der Waals surface area contributed by atoms with E-state index in [9.17, 15) is 0 Å². The van der Waals surface area contributed by atoms with Crippen molar-refractivity contribution in [1.29, 1.82) is 0 Å². The third kappa shape index (κ3) is 7.00. The Bertz CT molecular complexity index is 1840. The highest BCUT2D eigenvalue weighted by atomic mass is 32.2. The molecule has 0 spiro atoms. The summed E-state index contributed by atoms with van der Waals surface area (Å²) in [5.41, 5.74) is 15.8. The molecule has 0 saturated carbocycles. The monoisotopic (exact) mass is 602 g/mol. The summed E-state index contributed by atoms with van der Waals surface area (Å²) in [4.78, 5) is 2.57. The number of hydrogen-bond acceptors (Lipinski definition) is 1. The lowest BCUT2D eigenvalue weighted by molar-refractivity contribution is 0.955. The minimum atomic E-state index is 0.199. The molecule has 0 N–H and O–H groups in total. The molecule has 0 atom stereocenters. The fourth-order valence-corrected chi connectivity index (χ4v) is 7.46. The largest absolute Gasteiger partial charge is 0.0898 e. The van der Waals surface area contributed by atoms with Crippen LogP contribution in [0, 0.1) is 41.5 Å². The predicted molar refractivity (Wildman–Crippen MR) is 193 cm³/mol. The summed E-state index contributed by atoms with van der Waals surface area (Å²) in [6.45, 7) is 13.2. The van der Waals surface area contributed by atoms with E-state index in [1.807, 2.05) is 11.8 Å². The predicted octanol–water partition coefficient (Wildman–Crippen LogP) is 12.0. The molecule has 0 aromatic heterocycles. The van der Waals surface area contributed by atoms with Crippen LogP contribution in [0.25, 0.3) is 0 Å². The van der Waals surface area contributed by atoms with E-state index in [2.05, 4.69) is 175 Å². The number of aryl methyl sites for hydroxylation is 6. The Hall–Kier alpha value is -4.33. The van der Waals surface area contributed by atoms with Gasteiger partial charge in [-0.3, -0.25) is 0 Å². The number of rotatable bonds is 8. The van der Waals surface area contributed by atoms with Crippen LogP contribution in [0.4, 0.5) is 0 Å². The van der Waals surface area contributed by atoms with Crippen molar-refractivity contribution >= 4 is 11.8 Å². The zero-order chi connectivity index (χ0) is 31.5. The SMILES string of the molecule is Cc1ccc(C(c2ccc(C)cc2)c2ccc(Sc3ccc(C(c4cccc(C)c4)c4cccc(C)c4)cc3C)cc2C)cc1. The Kier molecular flexibility index (Phi) is 9.10. The molecule has 0 radical (unpaired) electrons. The molecular formula is C44H42S. The van der Waals surface area contributed by atoms with Gasteiger partial charge in [-0.25, -0.2) is 0 Å². The van der Waals surface area contributed by atoms with Crippen LogP contribution in [0.15, 0.2) is 143 Å². The normalized spacial score (nSPS) is 11.4. The molecule has 0 aliphatic rings. The van der Waals surface area contributed by atoms with Gasteiger partial charge in [-0.1, -0.05) is 149 Å². The van der Waals surface area contributed by atoms with Crippen molar-refractivity contribution in [2.24, 2.45) is 0 Å². The summed E-state index contributed by atoms with van der Waals surface area (Å²) in [7, 11) is 0. The van der Waals surface area contributed by atoms with E-state index in [1.54, 1.807) is 0 Å². The fourth-order valence-electron chi connectivity index (χ4n) is 6.48. The van der Waals surface area contributed by atoms with Crippen LogP contribution in [-0.4, -0.2) is 0 Å². The first kappa shape index (κ1) is 30.7. The van der Waals surface area contributed by atoms with Gasteiger partial charge in [-0.2, -0.15) is 0 Å². The molecule has 1 heteroatoms. The van der Waals surface area contributed by atoms with E-state index < -0.39 is 0 Å². The maximum Gasteiger partial charge on any atom is 0.0342 e. The topological polar surface area (TPSA) is 0 Å². The quantitative estimate of drug-likeness (QED) is 0.156. The summed E-state index contributed by atoms with van der Waals surface area (Å²) in [6.07, 6.45) is 0. The van der Waals surface area contributed by atoms with Crippen LogP contribution in [-0.2, 0) is 0 Å². The zero-order valence-electron chi connectivity index (χ0n) is 27.3. The van der Waals surface area contributed by atoms with Crippen molar-refractivity contribution in [2.75, 3.05) is 0 Å². The molecule has 6 aromatic carbocycles. The first-order valence-corrected chi connectivity index (χ1v) is 16.7. The van der Waals surface area contributed by atoms with Gasteiger partial charge >= 0.3 is 0 Å². The molecule has 0 nitrogen and oxygen atoms in total. The lowest BCUT2D eigenvalue weighted by atomic mass is 9.83. The van der Waals surface area contributed by atoms with Gasteiger partial charge < -0.3 is 0 Å². The van der Waals surface area contributed by atoms with Crippen LogP contribution in [0.2, 0.25) is 0 Å². The number of hydrogen-bond donors (Lipinski definition) is 0. The van der Waals surface area contributed by atoms with E-state index in [0.29, 0.717) is 0 Å². The minimum Gasteiger partial charge on any atom is -0.0898 e. The summed E-state index contributed by atoms with van der Waals surface area (Å²) in [5, 5.41) is 0. The third-order valence-electron chi connectivity index (χ3n) is 8.88. The molecule has 0 heterocycles. The highest BCUT2D eigenvalue weighted by molar-refractivity contribution is 7.99. The van der Waals surface area contributed by atoms with E-state index in [0.717, 1.165) is 0 Å². The summed E-state index contributed by atoms with van der Waals surface area (Å²) in [5.74, 6) is 0.399. The minimum absolute atomic E-state index is 0.199. The Morgan fingerprint density at radius 2 is 0.889 bits per heavy atom. The van der Waals surface area contributed by atoms with Crippen LogP contribution in [0.3, 0.4) is 0 Å². The Labute approximate surface area is 274 Å². The molecule has 0 aliphatic heterocycles. The van der Waals surface area contributed by atoms with Crippen LogP contribution >= 0.6 is 11.8 Å². The van der Waals surface area contributed by atoms with Crippen molar-refractivity contribution in [3.8, 4) is 0 Å². The Morgan fingerprint density at radius 1 is 0.378 bits per heavy atom. The molecule has 0 bridgehead atoms. The molecule has 224 valence electrons. The van der Waals surface area contributed by atoms with E-state index in [-0.39, 0.29) is 11.8 Å². The van der Waals surface area contributed by atoms with Gasteiger partial charge in [-0.15, -0.1) is 0 Å². The van der Waals surface area contributed by atoms with Gasteiger partial charge in [0.2, 0.25) is 0 Å². The second-order valence-corrected chi connectivity index (χ2v) is 13.8. The van der Waals surface area contributed by atoms with Crippen molar-refractivity contribution in [3.63, 3.8) is 0 Å². The van der Waals surface area contributed by atoms with Crippen molar-refractivity contribution < 1.29 is 0 Å². The molecule has 45 heavy (non-hydrogen) atoms. The van der Waals surface area contributed by atoms with Gasteiger partial charge in [0.05, 0.1) is 0 Å². The highest BCUT2D eigenvalue weighted by Gasteiger charge is 2.21. The molecule has 0 saturated heterocycles. The van der Waals surface area contributed by atoms with E-state index in [1.165, 1.54) is 76.6 Å². The summed E-state index contributed by atoms with van der Waals surface area (Å²) >= 11 is 1.86. The molecule has 0 amide bonds. The molecular weight excluding hydrogens is 561 g/mol. The number of benzene rings is 6. The van der Waals surface area contributed by atoms with E-state index >= 15 is 0 Å². The second-order valence-electron chi connectivity index (χ2n) is 12.7. The third-order valence-corrected chi connectivity index (χ3v) is 10.1. The first-order valence-electron chi connectivity index (χ1n) is 15.9. The zero-order valence-corrected chi connectivity index (χ0v) is 28.1. The van der Waals surface area contributed by atoms with Crippen LogP contribution < -0.4 is 0 Å². The molecule has 6 rings (SSSR count). The molecule has 6 aromatic rings. The van der Waals surface area contributed by atoms with Gasteiger partial charge in [-0.05, 0) is 104 Å². The van der Waals surface area contributed by atoms with E-state index in [4.69, 9.17) is 0 Å². The molecule has 0 fully saturated rings. The molecule has 0 unspecified atom stereocenters. The van der Waals surface area contributed by atoms with Gasteiger partial charge in [0.15, 0.2) is 0 Å². The molecule has 0 aliphatic carbocycles. The maximum absolute atomic E-state index is 2.39. The fraction of sp³-hybridized carbons (Fsp3) is 0.182. The van der Waals surface area contributed by atoms with Gasteiger partial charge in [0, 0.05) is 21.6 Å². The standard InChI is InChI=1S/C44H42S/c1-29-13-17-35(18-14-29)44(36-19-15-30(2)16-20-36)41-23-22-40(28-33(41)5)45-42-24-21-39(27-34(42)6)43(37-11-7-9-31(3)25-37)38-12-8-10-32(4)26-38/h7-28,43-44H,1-6H3. The lowest BCUT2D eigenvalue weighted by Gasteiger charge is -2.22.